The zero-order chi connectivity index (χ0) is 36.2. The van der Waals surface area contributed by atoms with Crippen molar-refractivity contribution in [3.05, 3.63) is 101 Å². The van der Waals surface area contributed by atoms with Crippen LogP contribution in [-0.2, 0) is 16.1 Å². The van der Waals surface area contributed by atoms with E-state index in [1.54, 1.807) is 109 Å². The molecule has 0 saturated heterocycles. The zero-order valence-corrected chi connectivity index (χ0v) is 28.5. The summed E-state index contributed by atoms with van der Waals surface area (Å²) in [5.74, 6) is -0.942. The predicted molar refractivity (Wildman–Crippen MR) is 185 cm³/mol. The van der Waals surface area contributed by atoms with Crippen LogP contribution in [-0.4, -0.2) is 61.2 Å². The molecule has 3 aromatic heterocycles. The first-order valence-corrected chi connectivity index (χ1v) is 15.7. The highest BCUT2D eigenvalue weighted by Crippen LogP contribution is 2.31. The first-order valence-electron chi connectivity index (χ1n) is 15.7. The molecular weight excluding hydrogens is 644 g/mol. The number of hydrogen-bond donors (Lipinski definition) is 3. The van der Waals surface area contributed by atoms with E-state index in [1.807, 2.05) is 6.07 Å². The Morgan fingerprint density at radius 3 is 2.34 bits per heavy atom. The lowest BCUT2D eigenvalue weighted by Gasteiger charge is -2.26. The molecule has 0 saturated carbocycles. The fourth-order valence-corrected chi connectivity index (χ4v) is 5.35. The summed E-state index contributed by atoms with van der Waals surface area (Å²) >= 11 is 0. The first kappa shape index (κ1) is 35.1. The molecule has 0 aliphatic carbocycles. The maximum atomic E-state index is 13.9. The Bertz CT molecular complexity index is 2080. The van der Waals surface area contributed by atoms with E-state index in [-0.39, 0.29) is 23.6 Å². The largest absolute Gasteiger partial charge is 0.497 e. The third-order valence-corrected chi connectivity index (χ3v) is 7.71. The van der Waals surface area contributed by atoms with E-state index in [9.17, 15) is 24.3 Å². The van der Waals surface area contributed by atoms with E-state index < -0.39 is 41.1 Å². The number of aromatic nitrogens is 4. The van der Waals surface area contributed by atoms with Crippen LogP contribution in [0.3, 0.4) is 0 Å². The van der Waals surface area contributed by atoms with Gasteiger partial charge in [-0.25, -0.2) is 19.3 Å². The van der Waals surface area contributed by atoms with Crippen LogP contribution in [0.5, 0.6) is 17.2 Å². The smallest absolute Gasteiger partial charge is 0.408 e. The molecule has 0 aliphatic heterocycles. The summed E-state index contributed by atoms with van der Waals surface area (Å²) in [7, 11) is 1.58. The number of fused-ring (bicyclic) bond motifs is 1. The van der Waals surface area contributed by atoms with E-state index in [2.05, 4.69) is 20.6 Å². The standard InChI is InChI=1S/C36H38N6O8/c1-21(31(34(45)46)40-35(47)50-36(3,4)5)20-41-22(2)30(33(44)42(41)23-10-8-7-9-11-23)32(43)39-29-15-13-25(19-38-29)49-28-16-17-37-27-18-24(48-6)12-14-26(27)28/h7-19,21,31H,20H2,1-6H3,(H,40,47)(H,45,46)(H,38,39,43)/t21?,31-/m1/s1. The molecule has 3 N–H and O–H groups in total. The predicted octanol–water partition coefficient (Wildman–Crippen LogP) is 5.56. The molecule has 5 rings (SSSR count). The number of anilines is 1. The molecule has 14 nitrogen and oxygen atoms in total. The monoisotopic (exact) mass is 682 g/mol. The Morgan fingerprint density at radius 1 is 0.980 bits per heavy atom. The van der Waals surface area contributed by atoms with Crippen LogP contribution in [0.15, 0.2) is 83.9 Å². The van der Waals surface area contributed by atoms with Gasteiger partial charge in [0.15, 0.2) is 0 Å². The second-order valence-corrected chi connectivity index (χ2v) is 12.6. The molecule has 5 aromatic rings. The summed E-state index contributed by atoms with van der Waals surface area (Å²) in [4.78, 5) is 60.9. The van der Waals surface area contributed by atoms with Crippen molar-refractivity contribution in [2.45, 2.75) is 52.8 Å². The average Bonchev–Trinajstić information content (AvgIpc) is 3.31. The Hall–Kier alpha value is -6.18. The Balaban J connectivity index is 1.39. The molecule has 2 aromatic carbocycles. The molecule has 1 unspecified atom stereocenters. The summed E-state index contributed by atoms with van der Waals surface area (Å²) in [6, 6.07) is 17.6. The van der Waals surface area contributed by atoms with Crippen molar-refractivity contribution >= 4 is 34.7 Å². The van der Waals surface area contributed by atoms with Crippen LogP contribution in [0.25, 0.3) is 16.6 Å². The fourth-order valence-electron chi connectivity index (χ4n) is 5.35. The quantitative estimate of drug-likeness (QED) is 0.160. The number of nitrogens with zero attached hydrogens (tertiary/aromatic N) is 4. The molecule has 0 radical (unpaired) electrons. The van der Waals surface area contributed by atoms with Crippen molar-refractivity contribution in [3.63, 3.8) is 0 Å². The topological polar surface area (TPSA) is 176 Å². The number of para-hydroxylation sites is 1. The third kappa shape index (κ3) is 7.92. The Kier molecular flexibility index (Phi) is 10.2. The van der Waals surface area contributed by atoms with Gasteiger partial charge in [0.2, 0.25) is 0 Å². The van der Waals surface area contributed by atoms with Gasteiger partial charge in [-0.15, -0.1) is 0 Å². The number of pyridine rings is 2. The van der Waals surface area contributed by atoms with Crippen LogP contribution in [0.1, 0.15) is 43.7 Å². The highest BCUT2D eigenvalue weighted by Gasteiger charge is 2.32. The van der Waals surface area contributed by atoms with E-state index in [4.69, 9.17) is 14.2 Å². The minimum atomic E-state index is -1.36. The number of methoxy groups -OCH3 is 1. The van der Waals surface area contributed by atoms with E-state index in [1.165, 1.54) is 15.6 Å². The zero-order valence-electron chi connectivity index (χ0n) is 28.5. The van der Waals surface area contributed by atoms with Crippen molar-refractivity contribution in [2.24, 2.45) is 5.92 Å². The molecule has 3 heterocycles. The molecule has 0 spiro atoms. The number of aliphatic carboxylic acids is 1. The Labute approximate surface area is 287 Å². The normalized spacial score (nSPS) is 12.5. The lowest BCUT2D eigenvalue weighted by Crippen LogP contribution is -2.48. The molecule has 260 valence electrons. The number of rotatable bonds is 11. The lowest BCUT2D eigenvalue weighted by atomic mass is 10.0. The summed E-state index contributed by atoms with van der Waals surface area (Å²) in [5.41, 5.74) is -0.184. The molecule has 2 amide bonds. The molecule has 50 heavy (non-hydrogen) atoms. The van der Waals surface area contributed by atoms with Gasteiger partial charge in [0.25, 0.3) is 11.5 Å². The minimum absolute atomic E-state index is 0.0449. The van der Waals surface area contributed by atoms with Gasteiger partial charge in [0, 0.05) is 30.1 Å². The van der Waals surface area contributed by atoms with Gasteiger partial charge in [-0.1, -0.05) is 25.1 Å². The molecule has 0 fully saturated rings. The van der Waals surface area contributed by atoms with Crippen LogP contribution in [0.2, 0.25) is 0 Å². The number of carboxylic acid groups (broad SMARTS) is 1. The van der Waals surface area contributed by atoms with Crippen LogP contribution in [0, 0.1) is 12.8 Å². The molecular formula is C36H38N6O8. The van der Waals surface area contributed by atoms with Gasteiger partial charge >= 0.3 is 12.1 Å². The van der Waals surface area contributed by atoms with Gasteiger partial charge in [-0.05, 0) is 70.2 Å². The summed E-state index contributed by atoms with van der Waals surface area (Å²) in [6.45, 7) is 8.17. The number of nitrogens with one attached hydrogen (secondary N) is 2. The number of alkyl carbamates (subject to hydrolysis) is 1. The van der Waals surface area contributed by atoms with Crippen molar-refractivity contribution < 1.29 is 33.7 Å². The minimum Gasteiger partial charge on any atom is -0.497 e. The second-order valence-electron chi connectivity index (χ2n) is 12.6. The van der Waals surface area contributed by atoms with Gasteiger partial charge in [0.1, 0.15) is 40.3 Å². The number of ether oxygens (including phenoxy) is 3. The SMILES string of the molecule is COc1ccc2c(Oc3ccc(NC(=O)c4c(C)n(CC(C)[C@@H](NC(=O)OC(C)(C)C)C(=O)O)n(-c5ccccc5)c4=O)nc3)ccnc2c1. The summed E-state index contributed by atoms with van der Waals surface area (Å²) < 4.78 is 19.4. The number of amides is 2. The van der Waals surface area contributed by atoms with Gasteiger partial charge in [-0.2, -0.15) is 0 Å². The van der Waals surface area contributed by atoms with E-state index in [0.29, 0.717) is 28.5 Å². The summed E-state index contributed by atoms with van der Waals surface area (Å²) in [5, 5.41) is 15.8. The molecule has 14 heteroatoms. The molecule has 0 bridgehead atoms. The summed E-state index contributed by atoms with van der Waals surface area (Å²) in [6.07, 6.45) is 2.17. The Morgan fingerprint density at radius 2 is 1.70 bits per heavy atom. The van der Waals surface area contributed by atoms with Gasteiger partial charge in [-0.3, -0.25) is 19.3 Å². The van der Waals surface area contributed by atoms with Gasteiger partial charge in [0.05, 0.1) is 30.2 Å². The van der Waals surface area contributed by atoms with E-state index >= 15 is 0 Å². The molecule has 2 atom stereocenters. The number of carbonyl (C=O) groups excluding carboxylic acids is 2. The van der Waals surface area contributed by atoms with Crippen molar-refractivity contribution in [3.8, 4) is 22.9 Å². The number of hydrogen-bond acceptors (Lipinski definition) is 9. The maximum Gasteiger partial charge on any atom is 0.408 e. The average molecular weight is 683 g/mol. The first-order chi connectivity index (χ1) is 23.8. The van der Waals surface area contributed by atoms with E-state index in [0.717, 1.165) is 5.39 Å². The number of benzene rings is 2. The number of carboxylic acids is 1. The van der Waals surface area contributed by atoms with Crippen LogP contribution in [0.4, 0.5) is 10.6 Å². The van der Waals surface area contributed by atoms with Crippen LogP contribution < -0.4 is 25.7 Å². The lowest BCUT2D eigenvalue weighted by molar-refractivity contribution is -0.141. The maximum absolute atomic E-state index is 13.9. The van der Waals surface area contributed by atoms with Crippen molar-refractivity contribution in [1.82, 2.24) is 24.6 Å². The highest BCUT2D eigenvalue weighted by atomic mass is 16.6. The van der Waals surface area contributed by atoms with Crippen LogP contribution >= 0.6 is 0 Å². The van der Waals surface area contributed by atoms with Crippen molar-refractivity contribution in [2.75, 3.05) is 12.4 Å². The van der Waals surface area contributed by atoms with Crippen molar-refractivity contribution in [1.29, 1.82) is 0 Å². The second kappa shape index (κ2) is 14.5. The third-order valence-electron chi connectivity index (χ3n) is 7.71. The number of carbonyl (C=O) groups is 3. The highest BCUT2D eigenvalue weighted by molar-refractivity contribution is 6.04. The van der Waals surface area contributed by atoms with Gasteiger partial charge < -0.3 is 30.0 Å². The molecule has 0 aliphatic rings. The fraction of sp³-hybridized carbons (Fsp3) is 0.278.